The van der Waals surface area contributed by atoms with Crippen molar-refractivity contribution in [2.45, 2.75) is 13.3 Å². The van der Waals surface area contributed by atoms with Crippen LogP contribution in [0.25, 0.3) is 16.3 Å². The van der Waals surface area contributed by atoms with E-state index in [1.165, 1.54) is 12.1 Å². The number of aryl methyl sites for hydroxylation is 1. The Morgan fingerprint density at radius 1 is 0.786 bits per heavy atom. The third kappa shape index (κ3) is 3.83. The molecule has 3 aromatic rings. The molecule has 0 heterocycles. The fourth-order valence-corrected chi connectivity index (χ4v) is 3.12. The molecule has 5 heteroatoms. The van der Waals surface area contributed by atoms with Gasteiger partial charge in [-0.15, -0.1) is 0 Å². The topological polar surface area (TPSA) is 97.3 Å². The second-order valence-corrected chi connectivity index (χ2v) is 6.42. The first-order valence-corrected chi connectivity index (χ1v) is 8.62. The van der Waals surface area contributed by atoms with Crippen LogP contribution in [0.2, 0.25) is 0 Å². The zero-order valence-electron chi connectivity index (χ0n) is 15.1. The molecular weight excluding hydrogens is 356 g/mol. The Morgan fingerprint density at radius 2 is 1.43 bits per heavy atom. The maximum atomic E-state index is 12.8. The molecule has 0 radical (unpaired) electrons. The van der Waals surface area contributed by atoms with E-state index in [-0.39, 0.29) is 5.56 Å². The third-order valence-corrected chi connectivity index (χ3v) is 4.52. The van der Waals surface area contributed by atoms with Crippen LogP contribution in [0.5, 0.6) is 0 Å². The van der Waals surface area contributed by atoms with Gasteiger partial charge in [-0.25, -0.2) is 0 Å². The summed E-state index contributed by atoms with van der Waals surface area (Å²) in [6, 6.07) is 18.6. The second kappa shape index (κ2) is 7.88. The highest BCUT2D eigenvalue weighted by Crippen LogP contribution is 2.25. The van der Waals surface area contributed by atoms with Gasteiger partial charge in [0.2, 0.25) is 0 Å². The highest BCUT2D eigenvalue weighted by Gasteiger charge is 2.18. The van der Waals surface area contributed by atoms with E-state index in [1.807, 2.05) is 25.1 Å². The summed E-state index contributed by atoms with van der Waals surface area (Å²) in [4.78, 5) is 36.2. The molecule has 0 aliphatic rings. The Kier molecular flexibility index (Phi) is 5.36. The number of hydrogen-bond donors (Lipinski definition) is 0. The van der Waals surface area contributed by atoms with Crippen LogP contribution in [0.4, 0.5) is 0 Å². The summed E-state index contributed by atoms with van der Waals surface area (Å²) in [5.74, 6) is -3.90. The zero-order valence-corrected chi connectivity index (χ0v) is 15.1. The number of Topliss-reactive ketones (excluding diaryl/α,β-unsaturated/α-hetero) is 1. The average Bonchev–Trinajstić information content (AvgIpc) is 2.68. The van der Waals surface area contributed by atoms with Gasteiger partial charge in [-0.2, -0.15) is 0 Å². The molecule has 0 atom stereocenters. The number of fused-ring (bicyclic) bond motifs is 1. The number of ketones is 1. The third-order valence-electron chi connectivity index (χ3n) is 4.52. The molecule has 0 saturated carbocycles. The molecule has 3 rings (SSSR count). The minimum Gasteiger partial charge on any atom is -0.545 e. The predicted molar refractivity (Wildman–Crippen MR) is 101 cm³/mol. The highest BCUT2D eigenvalue weighted by molar-refractivity contribution is 6.23. The Hall–Kier alpha value is -3.73. The first-order chi connectivity index (χ1) is 13.4. The molecule has 5 nitrogen and oxygen atoms in total. The van der Waals surface area contributed by atoms with Gasteiger partial charge in [0.15, 0.2) is 5.78 Å². The highest BCUT2D eigenvalue weighted by atomic mass is 16.4. The molecule has 0 unspecified atom stereocenters. The Balaban J connectivity index is 2.09. The van der Waals surface area contributed by atoms with Crippen molar-refractivity contribution < 1.29 is 24.6 Å². The number of hydrogen-bond acceptors (Lipinski definition) is 5. The quantitative estimate of drug-likeness (QED) is 0.484. The van der Waals surface area contributed by atoms with Crippen molar-refractivity contribution >= 4 is 34.1 Å². The number of rotatable bonds is 6. The summed E-state index contributed by atoms with van der Waals surface area (Å²) < 4.78 is 0. The molecule has 0 saturated heterocycles. The Bertz CT molecular complexity index is 1100. The summed E-state index contributed by atoms with van der Waals surface area (Å²) in [5.41, 5.74) is 0.188. The van der Waals surface area contributed by atoms with Crippen LogP contribution in [0.15, 0.2) is 72.3 Å². The van der Waals surface area contributed by atoms with Gasteiger partial charge >= 0.3 is 0 Å². The van der Waals surface area contributed by atoms with E-state index in [0.29, 0.717) is 10.9 Å². The van der Waals surface area contributed by atoms with Crippen molar-refractivity contribution in [2.24, 2.45) is 0 Å². The fraction of sp³-hybridized carbons (Fsp3) is 0.0870. The van der Waals surface area contributed by atoms with Crippen molar-refractivity contribution in [3.8, 4) is 0 Å². The van der Waals surface area contributed by atoms with Gasteiger partial charge in [0, 0.05) is 17.6 Å². The van der Waals surface area contributed by atoms with Gasteiger partial charge in [-0.3, -0.25) is 4.79 Å². The molecule has 0 aliphatic carbocycles. The lowest BCUT2D eigenvalue weighted by Gasteiger charge is -2.18. The van der Waals surface area contributed by atoms with E-state index in [4.69, 9.17) is 0 Å². The summed E-state index contributed by atoms with van der Waals surface area (Å²) in [6.07, 6.45) is -0.618. The van der Waals surface area contributed by atoms with Gasteiger partial charge < -0.3 is 19.8 Å². The average molecular weight is 372 g/mol. The lowest BCUT2D eigenvalue weighted by atomic mass is 9.92. The van der Waals surface area contributed by atoms with E-state index in [1.54, 1.807) is 36.4 Å². The van der Waals surface area contributed by atoms with Crippen LogP contribution in [0, 0.1) is 6.92 Å². The minimum absolute atomic E-state index is 0.149. The molecular formula is C23H16O5-2. The monoisotopic (exact) mass is 372 g/mol. The lowest BCUT2D eigenvalue weighted by molar-refractivity contribution is -0.301. The standard InChI is InChI=1S/C23H18O5/c1-14-9-11-16(12-10-14)21(23(27)28)19(22(25)26)13-20(24)18-8-4-6-15-5-2-3-7-17(15)18/h2-12H,13H2,1H3,(H,25,26)(H,27,28)/p-2/b21-19+. The van der Waals surface area contributed by atoms with Crippen molar-refractivity contribution in [1.29, 1.82) is 0 Å². The van der Waals surface area contributed by atoms with Crippen LogP contribution in [0.3, 0.4) is 0 Å². The van der Waals surface area contributed by atoms with E-state index in [9.17, 15) is 24.6 Å². The van der Waals surface area contributed by atoms with E-state index < -0.39 is 35.3 Å². The van der Waals surface area contributed by atoms with Crippen LogP contribution < -0.4 is 10.2 Å². The predicted octanol–water partition coefficient (Wildman–Crippen LogP) is 1.67. The van der Waals surface area contributed by atoms with Gasteiger partial charge in [0.05, 0.1) is 11.9 Å². The number of benzene rings is 3. The maximum Gasteiger partial charge on any atom is 0.167 e. The maximum absolute atomic E-state index is 12.8. The largest absolute Gasteiger partial charge is 0.545 e. The van der Waals surface area contributed by atoms with Gasteiger partial charge in [-0.05, 0) is 28.8 Å². The Morgan fingerprint density at radius 3 is 2.07 bits per heavy atom. The van der Waals surface area contributed by atoms with Gasteiger partial charge in [0.1, 0.15) is 0 Å². The van der Waals surface area contributed by atoms with Crippen molar-refractivity contribution in [1.82, 2.24) is 0 Å². The van der Waals surface area contributed by atoms with Crippen LogP contribution in [0.1, 0.15) is 27.9 Å². The normalized spacial score (nSPS) is 11.8. The van der Waals surface area contributed by atoms with Gasteiger partial charge in [-0.1, -0.05) is 72.3 Å². The molecule has 28 heavy (non-hydrogen) atoms. The summed E-state index contributed by atoms with van der Waals surface area (Å²) >= 11 is 0. The summed E-state index contributed by atoms with van der Waals surface area (Å²) in [5, 5.41) is 24.9. The number of carbonyl (C=O) groups excluding carboxylic acids is 3. The fourth-order valence-electron chi connectivity index (χ4n) is 3.12. The van der Waals surface area contributed by atoms with Crippen LogP contribution in [-0.4, -0.2) is 17.7 Å². The molecule has 0 spiro atoms. The number of carbonyl (C=O) groups is 3. The SMILES string of the molecule is Cc1ccc(/C(C(=O)[O-])=C(/CC(=O)c2cccc3ccccc23)C(=O)[O-])cc1. The number of carboxylic acid groups (broad SMARTS) is 2. The van der Waals surface area contributed by atoms with E-state index in [2.05, 4.69) is 0 Å². The molecule has 0 amide bonds. The minimum atomic E-state index is -1.71. The molecule has 3 aromatic carbocycles. The van der Waals surface area contributed by atoms with E-state index >= 15 is 0 Å². The zero-order chi connectivity index (χ0) is 20.3. The summed E-state index contributed by atoms with van der Waals surface area (Å²) in [6.45, 7) is 1.82. The molecule has 0 bridgehead atoms. The molecule has 140 valence electrons. The van der Waals surface area contributed by atoms with Crippen LogP contribution >= 0.6 is 0 Å². The second-order valence-electron chi connectivity index (χ2n) is 6.42. The Labute approximate surface area is 161 Å². The molecule has 0 aromatic heterocycles. The first kappa shape index (κ1) is 19.0. The molecule has 0 N–H and O–H groups in total. The lowest BCUT2D eigenvalue weighted by Crippen LogP contribution is -2.32. The molecule has 0 fully saturated rings. The van der Waals surface area contributed by atoms with Crippen molar-refractivity contribution in [2.75, 3.05) is 0 Å². The van der Waals surface area contributed by atoms with Gasteiger partial charge in [0.25, 0.3) is 0 Å². The van der Waals surface area contributed by atoms with Crippen molar-refractivity contribution in [3.63, 3.8) is 0 Å². The van der Waals surface area contributed by atoms with Crippen LogP contribution in [-0.2, 0) is 9.59 Å². The number of aliphatic carboxylic acids is 2. The summed E-state index contributed by atoms with van der Waals surface area (Å²) in [7, 11) is 0. The first-order valence-electron chi connectivity index (χ1n) is 8.62. The van der Waals surface area contributed by atoms with E-state index in [0.717, 1.165) is 10.9 Å². The van der Waals surface area contributed by atoms with Crippen molar-refractivity contribution in [3.05, 3.63) is 89.0 Å². The number of carboxylic acids is 2. The smallest absolute Gasteiger partial charge is 0.167 e. The molecule has 0 aliphatic heterocycles.